The number of aryl methyl sites for hydroxylation is 2. The standard InChI is InChI=1S/C15H16N4OS/c1-3-13-17-15-16-11(8-14(20)19(15)18-13)9-21-12-6-4-10(2)5-7-12/h4-8H,3,9H2,1-2H3,(H,16,17,18). The molecule has 0 aliphatic heterocycles. The highest BCUT2D eigenvalue weighted by atomic mass is 32.2. The highest BCUT2D eigenvalue weighted by Gasteiger charge is 2.07. The molecule has 0 saturated carbocycles. The van der Waals surface area contributed by atoms with Crippen LogP contribution in [-0.2, 0) is 12.2 Å². The van der Waals surface area contributed by atoms with E-state index in [1.165, 1.54) is 15.0 Å². The smallest absolute Gasteiger partial charge is 0.274 e. The molecule has 0 aliphatic rings. The van der Waals surface area contributed by atoms with Crippen LogP contribution in [0.15, 0.2) is 40.0 Å². The van der Waals surface area contributed by atoms with Gasteiger partial charge < -0.3 is 0 Å². The molecule has 0 amide bonds. The van der Waals surface area contributed by atoms with Gasteiger partial charge in [0.25, 0.3) is 11.3 Å². The minimum absolute atomic E-state index is 0.119. The minimum Gasteiger partial charge on any atom is -0.275 e. The van der Waals surface area contributed by atoms with Gasteiger partial charge in [0, 0.05) is 23.1 Å². The van der Waals surface area contributed by atoms with Crippen molar-refractivity contribution in [1.29, 1.82) is 0 Å². The Balaban J connectivity index is 1.83. The first-order valence-corrected chi connectivity index (χ1v) is 7.81. The van der Waals surface area contributed by atoms with Crippen molar-refractivity contribution in [2.75, 3.05) is 0 Å². The zero-order valence-corrected chi connectivity index (χ0v) is 12.8. The monoisotopic (exact) mass is 300 g/mol. The van der Waals surface area contributed by atoms with Crippen molar-refractivity contribution in [2.45, 2.75) is 30.9 Å². The third-order valence-electron chi connectivity index (χ3n) is 3.17. The van der Waals surface area contributed by atoms with Gasteiger partial charge in [0.2, 0.25) is 0 Å². The Hall–Kier alpha value is -2.08. The fourth-order valence-corrected chi connectivity index (χ4v) is 2.79. The fourth-order valence-electron chi connectivity index (χ4n) is 2.00. The van der Waals surface area contributed by atoms with Crippen molar-refractivity contribution in [3.8, 4) is 0 Å². The van der Waals surface area contributed by atoms with Crippen LogP contribution in [0.3, 0.4) is 0 Å². The molecule has 6 heteroatoms. The average molecular weight is 300 g/mol. The summed E-state index contributed by atoms with van der Waals surface area (Å²) < 4.78 is 1.39. The van der Waals surface area contributed by atoms with Crippen molar-refractivity contribution >= 4 is 17.5 Å². The van der Waals surface area contributed by atoms with E-state index in [2.05, 4.69) is 46.3 Å². The predicted octanol–water partition coefficient (Wildman–Crippen LogP) is 2.58. The van der Waals surface area contributed by atoms with Crippen LogP contribution >= 0.6 is 11.8 Å². The first-order chi connectivity index (χ1) is 10.2. The molecule has 3 rings (SSSR count). The predicted molar refractivity (Wildman–Crippen MR) is 83.7 cm³/mol. The highest BCUT2D eigenvalue weighted by Crippen LogP contribution is 2.21. The summed E-state index contributed by atoms with van der Waals surface area (Å²) in [5.41, 5.74) is 1.87. The van der Waals surface area contributed by atoms with Crippen LogP contribution in [-0.4, -0.2) is 19.6 Å². The number of aromatic nitrogens is 4. The molecule has 108 valence electrons. The van der Waals surface area contributed by atoms with Gasteiger partial charge in [-0.1, -0.05) is 24.6 Å². The maximum atomic E-state index is 12.0. The molecule has 1 aromatic carbocycles. The molecule has 3 aromatic rings. The topological polar surface area (TPSA) is 63.1 Å². The summed E-state index contributed by atoms with van der Waals surface area (Å²) in [6.45, 7) is 4.05. The highest BCUT2D eigenvalue weighted by molar-refractivity contribution is 7.98. The van der Waals surface area contributed by atoms with Gasteiger partial charge in [-0.25, -0.2) is 4.98 Å². The number of hydrogen-bond donors (Lipinski definition) is 1. The summed E-state index contributed by atoms with van der Waals surface area (Å²) >= 11 is 1.66. The Morgan fingerprint density at radius 3 is 2.71 bits per heavy atom. The van der Waals surface area contributed by atoms with Crippen LogP contribution in [0, 0.1) is 6.92 Å². The number of nitrogens with zero attached hydrogens (tertiary/aromatic N) is 3. The molecule has 0 spiro atoms. The Kier molecular flexibility index (Phi) is 3.79. The number of fused-ring (bicyclic) bond motifs is 1. The molecule has 2 heterocycles. The Morgan fingerprint density at radius 2 is 2.00 bits per heavy atom. The number of rotatable bonds is 4. The normalized spacial score (nSPS) is 11.1. The molecule has 0 aliphatic carbocycles. The van der Waals surface area contributed by atoms with Gasteiger partial charge in [-0.2, -0.15) is 9.50 Å². The molecule has 5 nitrogen and oxygen atoms in total. The van der Waals surface area contributed by atoms with Gasteiger partial charge in [-0.05, 0) is 19.1 Å². The van der Waals surface area contributed by atoms with E-state index in [0.717, 1.165) is 17.9 Å². The summed E-state index contributed by atoms with van der Waals surface area (Å²) in [6.07, 6.45) is 0.746. The van der Waals surface area contributed by atoms with E-state index in [1.54, 1.807) is 17.8 Å². The van der Waals surface area contributed by atoms with Crippen LogP contribution in [0.4, 0.5) is 0 Å². The van der Waals surface area contributed by atoms with Gasteiger partial charge in [0.05, 0.1) is 5.69 Å². The Morgan fingerprint density at radius 1 is 1.24 bits per heavy atom. The molecule has 1 N–H and O–H groups in total. The minimum atomic E-state index is -0.119. The molecule has 21 heavy (non-hydrogen) atoms. The van der Waals surface area contributed by atoms with Gasteiger partial charge in [0.1, 0.15) is 5.82 Å². The van der Waals surface area contributed by atoms with Crippen LogP contribution in [0.5, 0.6) is 0 Å². The summed E-state index contributed by atoms with van der Waals surface area (Å²) in [5.74, 6) is 1.87. The third kappa shape index (κ3) is 3.00. The lowest BCUT2D eigenvalue weighted by molar-refractivity contribution is 0.848. The fraction of sp³-hybridized carbons (Fsp3) is 0.267. The lowest BCUT2D eigenvalue weighted by Gasteiger charge is -2.02. The Labute approximate surface area is 126 Å². The molecule has 0 unspecified atom stereocenters. The van der Waals surface area contributed by atoms with E-state index in [9.17, 15) is 4.79 Å². The van der Waals surface area contributed by atoms with Crippen LogP contribution in [0.1, 0.15) is 24.0 Å². The molecule has 0 saturated heterocycles. The number of benzene rings is 1. The van der Waals surface area contributed by atoms with Crippen molar-refractivity contribution in [3.63, 3.8) is 0 Å². The molecule has 0 radical (unpaired) electrons. The number of nitrogens with one attached hydrogen (secondary N) is 1. The molecule has 0 atom stereocenters. The van der Waals surface area contributed by atoms with E-state index < -0.39 is 0 Å². The van der Waals surface area contributed by atoms with Gasteiger partial charge in [-0.3, -0.25) is 9.89 Å². The second-order valence-electron chi connectivity index (χ2n) is 4.85. The number of H-pyrrole nitrogens is 1. The molecular formula is C15H16N4OS. The van der Waals surface area contributed by atoms with E-state index in [4.69, 9.17) is 0 Å². The molecule has 0 bridgehead atoms. The number of hydrogen-bond acceptors (Lipinski definition) is 4. The maximum Gasteiger partial charge on any atom is 0.274 e. The van der Waals surface area contributed by atoms with E-state index in [0.29, 0.717) is 11.5 Å². The van der Waals surface area contributed by atoms with E-state index >= 15 is 0 Å². The number of aromatic amines is 1. The average Bonchev–Trinajstić information content (AvgIpc) is 2.90. The van der Waals surface area contributed by atoms with Gasteiger partial charge in [-0.15, -0.1) is 11.8 Å². The lowest BCUT2D eigenvalue weighted by atomic mass is 10.2. The third-order valence-corrected chi connectivity index (χ3v) is 4.22. The summed E-state index contributed by atoms with van der Waals surface area (Å²) in [7, 11) is 0. The first-order valence-electron chi connectivity index (χ1n) is 6.83. The van der Waals surface area contributed by atoms with Crippen molar-refractivity contribution in [3.05, 3.63) is 57.8 Å². The molecule has 0 fully saturated rings. The SMILES string of the molecule is CCc1nc2nc(CSc3ccc(C)cc3)cc(=O)n2[nH]1. The zero-order valence-electron chi connectivity index (χ0n) is 12.0. The van der Waals surface area contributed by atoms with Crippen LogP contribution < -0.4 is 5.56 Å². The summed E-state index contributed by atoms with van der Waals surface area (Å²) in [6, 6.07) is 9.88. The summed E-state index contributed by atoms with van der Waals surface area (Å²) in [4.78, 5) is 21.9. The maximum absolute atomic E-state index is 12.0. The summed E-state index contributed by atoms with van der Waals surface area (Å²) in [5, 5.41) is 2.94. The van der Waals surface area contributed by atoms with E-state index in [-0.39, 0.29) is 5.56 Å². The van der Waals surface area contributed by atoms with Crippen molar-refractivity contribution in [1.82, 2.24) is 19.6 Å². The van der Waals surface area contributed by atoms with Gasteiger partial charge in [0.15, 0.2) is 0 Å². The van der Waals surface area contributed by atoms with Crippen LogP contribution in [0.25, 0.3) is 5.78 Å². The molecular weight excluding hydrogens is 284 g/mol. The van der Waals surface area contributed by atoms with Crippen LogP contribution in [0.2, 0.25) is 0 Å². The number of thioether (sulfide) groups is 1. The lowest BCUT2D eigenvalue weighted by Crippen LogP contribution is -2.15. The van der Waals surface area contributed by atoms with Crippen molar-refractivity contribution < 1.29 is 0 Å². The molecule has 2 aromatic heterocycles. The van der Waals surface area contributed by atoms with Gasteiger partial charge >= 0.3 is 0 Å². The van der Waals surface area contributed by atoms with E-state index in [1.807, 2.05) is 6.92 Å². The van der Waals surface area contributed by atoms with Crippen molar-refractivity contribution in [2.24, 2.45) is 0 Å². The first kappa shape index (κ1) is 13.9. The second-order valence-corrected chi connectivity index (χ2v) is 5.90. The zero-order chi connectivity index (χ0) is 14.8. The Bertz CT molecular complexity index is 820. The largest absolute Gasteiger partial charge is 0.275 e. The quantitative estimate of drug-likeness (QED) is 0.752. The second kappa shape index (κ2) is 5.73.